The maximum absolute atomic E-state index is 6.08. The number of hydrogen-bond acceptors (Lipinski definition) is 7. The van der Waals surface area contributed by atoms with Gasteiger partial charge in [0.2, 0.25) is 0 Å². The summed E-state index contributed by atoms with van der Waals surface area (Å²) in [7, 11) is 0. The monoisotopic (exact) mass is 541 g/mol. The van der Waals surface area contributed by atoms with Crippen molar-refractivity contribution in [3.63, 3.8) is 0 Å². The van der Waals surface area contributed by atoms with Gasteiger partial charge in [0.05, 0.1) is 34.6 Å². The first-order valence-electron chi connectivity index (χ1n) is 14.0. The fourth-order valence-corrected chi connectivity index (χ4v) is 5.74. The van der Waals surface area contributed by atoms with Gasteiger partial charge in [-0.1, -0.05) is 30.3 Å². The smallest absolute Gasteiger partial charge is 0.179 e. The van der Waals surface area contributed by atoms with Crippen LogP contribution in [-0.4, -0.2) is 34.5 Å². The van der Waals surface area contributed by atoms with Crippen molar-refractivity contribution in [1.29, 1.82) is 0 Å². The van der Waals surface area contributed by atoms with Crippen LogP contribution in [0.15, 0.2) is 112 Å². The second-order valence-electron chi connectivity index (χ2n) is 10.1. The average Bonchev–Trinajstić information content (AvgIpc) is 3.67. The number of fused-ring (bicyclic) bond motifs is 4. The molecule has 4 heterocycles. The van der Waals surface area contributed by atoms with E-state index in [1.165, 1.54) is 5.69 Å². The minimum absolute atomic E-state index is 0.275. The molecule has 0 spiro atoms. The molecule has 0 saturated carbocycles. The summed E-state index contributed by atoms with van der Waals surface area (Å²) in [5.74, 6) is 2.96. The lowest BCUT2D eigenvalue weighted by atomic mass is 9.98. The zero-order chi connectivity index (χ0) is 27.9. The maximum atomic E-state index is 6.08. The molecule has 3 aromatic carbocycles. The number of nitrogens with one attached hydrogen (secondary N) is 1. The standard InChI is InChI=1S/C33H31N7O/c1-4-38(5-2)24-19-17-23(18-20-24)34-31-33-36-32-29(22(3)37-40(32)25-12-7-6-8-13-25)30(28-16-11-21-41-28)39(33)27-15-10-9-14-26(27)35-31/h6-21,30H,4-5H2,1-3H3,(H,34,35). The van der Waals surface area contributed by atoms with E-state index in [9.17, 15) is 0 Å². The number of rotatable bonds is 6. The van der Waals surface area contributed by atoms with Gasteiger partial charge in [0.25, 0.3) is 0 Å². The summed E-state index contributed by atoms with van der Waals surface area (Å²) in [5.41, 5.74) is 6.81. The number of aryl methyl sites for hydroxylation is 1. The molecule has 2 aliphatic rings. The summed E-state index contributed by atoms with van der Waals surface area (Å²) in [6.45, 7) is 8.30. The van der Waals surface area contributed by atoms with Crippen molar-refractivity contribution in [3.8, 4) is 5.69 Å². The van der Waals surface area contributed by atoms with Crippen LogP contribution in [0, 0.1) is 6.92 Å². The van der Waals surface area contributed by atoms with Crippen molar-refractivity contribution in [2.24, 2.45) is 9.98 Å². The van der Waals surface area contributed by atoms with Gasteiger partial charge < -0.3 is 19.5 Å². The number of hydrogen-bond donors (Lipinski definition) is 1. The van der Waals surface area contributed by atoms with Gasteiger partial charge in [-0.15, -0.1) is 0 Å². The zero-order valence-electron chi connectivity index (χ0n) is 23.3. The van der Waals surface area contributed by atoms with Gasteiger partial charge in [0.1, 0.15) is 11.8 Å². The molecule has 0 fully saturated rings. The number of aromatic nitrogens is 2. The van der Waals surface area contributed by atoms with Crippen LogP contribution in [0.2, 0.25) is 0 Å². The molecular formula is C33H31N7O. The second-order valence-corrected chi connectivity index (χ2v) is 10.1. The molecule has 2 aromatic heterocycles. The number of nitrogens with zero attached hydrogens (tertiary/aromatic N) is 6. The summed E-state index contributed by atoms with van der Waals surface area (Å²) in [5, 5.41) is 8.55. The molecule has 0 saturated heterocycles. The lowest BCUT2D eigenvalue weighted by Crippen LogP contribution is -2.46. The molecule has 41 heavy (non-hydrogen) atoms. The maximum Gasteiger partial charge on any atom is 0.179 e. The number of furan rings is 1. The Hall–Kier alpha value is -5.11. The summed E-state index contributed by atoms with van der Waals surface area (Å²) in [6, 6.07) is 30.4. The van der Waals surface area contributed by atoms with Gasteiger partial charge in [-0.05, 0) is 81.4 Å². The fourth-order valence-electron chi connectivity index (χ4n) is 5.74. The molecule has 0 radical (unpaired) electrons. The molecule has 1 atom stereocenters. The predicted octanol–water partition coefficient (Wildman–Crippen LogP) is 7.42. The van der Waals surface area contributed by atoms with Gasteiger partial charge in [-0.2, -0.15) is 5.10 Å². The van der Waals surface area contributed by atoms with Crippen molar-refractivity contribution in [3.05, 3.63) is 114 Å². The van der Waals surface area contributed by atoms with Crippen LogP contribution < -0.4 is 15.1 Å². The molecule has 2 aliphatic heterocycles. The fraction of sp³-hybridized carbons (Fsp3) is 0.182. The Morgan fingerprint density at radius 3 is 2.34 bits per heavy atom. The lowest BCUT2D eigenvalue weighted by molar-refractivity contribution is 0.487. The largest absolute Gasteiger partial charge is 0.467 e. The van der Waals surface area contributed by atoms with Gasteiger partial charge in [-0.3, -0.25) is 0 Å². The number of para-hydroxylation sites is 3. The summed E-state index contributed by atoms with van der Waals surface area (Å²) in [6.07, 6.45) is 1.72. The van der Waals surface area contributed by atoms with Crippen LogP contribution in [0.4, 0.5) is 28.6 Å². The Kier molecular flexibility index (Phi) is 6.15. The van der Waals surface area contributed by atoms with E-state index in [1.807, 2.05) is 72.3 Å². The number of aliphatic imine (C=N–C) groups is 2. The molecule has 204 valence electrons. The van der Waals surface area contributed by atoms with Crippen LogP contribution in [0.5, 0.6) is 0 Å². The average molecular weight is 542 g/mol. The lowest BCUT2D eigenvalue weighted by Gasteiger charge is -2.39. The molecule has 0 aliphatic carbocycles. The Bertz CT molecular complexity index is 1750. The normalized spacial score (nSPS) is 15.4. The van der Waals surface area contributed by atoms with Gasteiger partial charge >= 0.3 is 0 Å². The Labute approximate surface area is 239 Å². The highest BCUT2D eigenvalue weighted by atomic mass is 16.3. The number of anilines is 3. The van der Waals surface area contributed by atoms with Gasteiger partial charge in [-0.25, -0.2) is 14.7 Å². The molecule has 0 amide bonds. The van der Waals surface area contributed by atoms with Crippen LogP contribution in [0.25, 0.3) is 5.69 Å². The Morgan fingerprint density at radius 1 is 0.854 bits per heavy atom. The molecule has 8 heteroatoms. The predicted molar refractivity (Wildman–Crippen MR) is 166 cm³/mol. The quantitative estimate of drug-likeness (QED) is 0.242. The first-order valence-corrected chi connectivity index (χ1v) is 14.0. The van der Waals surface area contributed by atoms with Crippen molar-refractivity contribution in [2.75, 3.05) is 28.2 Å². The summed E-state index contributed by atoms with van der Waals surface area (Å²) < 4.78 is 7.99. The third-order valence-corrected chi connectivity index (χ3v) is 7.71. The van der Waals surface area contributed by atoms with Crippen molar-refractivity contribution in [1.82, 2.24) is 9.78 Å². The van der Waals surface area contributed by atoms with Gasteiger partial charge in [0, 0.05) is 24.5 Å². The van der Waals surface area contributed by atoms with Crippen LogP contribution >= 0.6 is 0 Å². The molecule has 8 nitrogen and oxygen atoms in total. The van der Waals surface area contributed by atoms with Crippen molar-refractivity contribution in [2.45, 2.75) is 26.8 Å². The summed E-state index contributed by atoms with van der Waals surface area (Å²) in [4.78, 5) is 14.9. The van der Waals surface area contributed by atoms with E-state index >= 15 is 0 Å². The third-order valence-electron chi connectivity index (χ3n) is 7.71. The van der Waals surface area contributed by atoms with Crippen LogP contribution in [-0.2, 0) is 0 Å². The van der Waals surface area contributed by atoms with Gasteiger partial charge in [0.15, 0.2) is 17.5 Å². The Morgan fingerprint density at radius 2 is 1.61 bits per heavy atom. The van der Waals surface area contributed by atoms with E-state index in [4.69, 9.17) is 19.5 Å². The highest BCUT2D eigenvalue weighted by Gasteiger charge is 2.42. The summed E-state index contributed by atoms with van der Waals surface area (Å²) >= 11 is 0. The van der Waals surface area contributed by atoms with E-state index in [0.717, 1.165) is 58.7 Å². The highest BCUT2D eigenvalue weighted by molar-refractivity contribution is 6.51. The number of benzene rings is 3. The minimum Gasteiger partial charge on any atom is -0.467 e. The topological polar surface area (TPSA) is 74.2 Å². The van der Waals surface area contributed by atoms with Crippen LogP contribution in [0.1, 0.15) is 36.9 Å². The van der Waals surface area contributed by atoms with E-state index in [0.29, 0.717) is 11.7 Å². The third kappa shape index (κ3) is 4.19. The first-order chi connectivity index (χ1) is 20.2. The zero-order valence-corrected chi connectivity index (χ0v) is 23.3. The molecule has 0 bridgehead atoms. The second kappa shape index (κ2) is 10.1. The van der Waals surface area contributed by atoms with E-state index in [-0.39, 0.29) is 6.04 Å². The molecule has 5 aromatic rings. The minimum atomic E-state index is -0.275. The van der Waals surface area contributed by atoms with Crippen molar-refractivity contribution < 1.29 is 4.42 Å². The van der Waals surface area contributed by atoms with E-state index < -0.39 is 0 Å². The SMILES string of the molecule is CCN(CC)c1ccc(NC2=Nc3ccccc3N3C2=Nc2c(c(C)nn2-c2ccccc2)C3c2ccco2)cc1. The van der Waals surface area contributed by atoms with E-state index in [1.54, 1.807) is 6.26 Å². The van der Waals surface area contributed by atoms with Crippen molar-refractivity contribution >= 4 is 40.2 Å². The first kappa shape index (κ1) is 24.9. The number of amidine groups is 2. The van der Waals surface area contributed by atoms with Crippen LogP contribution in [0.3, 0.4) is 0 Å². The highest BCUT2D eigenvalue weighted by Crippen LogP contribution is 2.48. The molecule has 1 unspecified atom stereocenters. The van der Waals surface area contributed by atoms with E-state index in [2.05, 4.69) is 59.3 Å². The molecule has 1 N–H and O–H groups in total. The Balaban J connectivity index is 1.40. The molecule has 7 rings (SSSR count). The molecular weight excluding hydrogens is 510 g/mol.